The van der Waals surface area contributed by atoms with Gasteiger partial charge in [0.15, 0.2) is 6.20 Å². The fourth-order valence-corrected chi connectivity index (χ4v) is 1.80. The third-order valence-corrected chi connectivity index (χ3v) is 2.92. The maximum Gasteiger partial charge on any atom is 0.364 e. The number of hydrogen-bond acceptors (Lipinski definition) is 6. The number of amides is 1. The number of aliphatic hydroxyl groups is 2. The molecule has 0 aliphatic heterocycles. The molecule has 0 unspecified atom stereocenters. The van der Waals surface area contributed by atoms with Gasteiger partial charge in [-0.3, -0.25) is 4.79 Å². The Morgan fingerprint density at radius 3 is 2.47 bits per heavy atom. The number of pyridine rings is 1. The number of aromatic nitrogens is 1. The number of hydrogen-bond donors (Lipinski definition) is 2. The molecule has 0 fully saturated rings. The number of halogens is 1. The molecule has 1 amide bonds. The van der Waals surface area contributed by atoms with E-state index in [2.05, 4.69) is 20.9 Å². The first-order chi connectivity index (χ1) is 9.01. The van der Waals surface area contributed by atoms with Gasteiger partial charge in [-0.05, 0) is 25.8 Å². The maximum absolute atomic E-state index is 12.1. The zero-order valence-electron chi connectivity index (χ0n) is 9.82. The summed E-state index contributed by atoms with van der Waals surface area (Å²) in [5, 5.41) is 28.4. The lowest BCUT2D eigenvalue weighted by Crippen LogP contribution is -2.36. The van der Waals surface area contributed by atoms with Gasteiger partial charge in [-0.15, -0.1) is 0 Å². The lowest BCUT2D eigenvalue weighted by atomic mass is 10.2. The van der Waals surface area contributed by atoms with Crippen molar-refractivity contribution in [3.63, 3.8) is 0 Å². The van der Waals surface area contributed by atoms with Crippen LogP contribution in [0.1, 0.15) is 10.4 Å². The van der Waals surface area contributed by atoms with E-state index in [0.29, 0.717) is 4.47 Å². The molecule has 0 saturated heterocycles. The van der Waals surface area contributed by atoms with Gasteiger partial charge in [0.2, 0.25) is 0 Å². The minimum atomic E-state index is -0.703. The molecule has 8 nitrogen and oxygen atoms in total. The van der Waals surface area contributed by atoms with Gasteiger partial charge in [0.1, 0.15) is 0 Å². The summed E-state index contributed by atoms with van der Waals surface area (Å²) < 4.78 is 0.309. The highest BCUT2D eigenvalue weighted by molar-refractivity contribution is 9.10. The molecule has 0 bridgehead atoms. The summed E-state index contributed by atoms with van der Waals surface area (Å²) in [5.41, 5.74) is 0.0589. The van der Waals surface area contributed by atoms with Crippen LogP contribution in [-0.2, 0) is 0 Å². The number of carbonyl (C=O) groups is 1. The largest absolute Gasteiger partial charge is 0.395 e. The highest BCUT2D eigenvalue weighted by Crippen LogP contribution is 2.21. The van der Waals surface area contributed by atoms with E-state index < -0.39 is 16.6 Å². The number of aliphatic hydroxyl groups excluding tert-OH is 2. The van der Waals surface area contributed by atoms with Crippen LogP contribution in [0.5, 0.6) is 0 Å². The van der Waals surface area contributed by atoms with Crippen molar-refractivity contribution >= 4 is 27.7 Å². The minimum Gasteiger partial charge on any atom is -0.395 e. The quantitative estimate of drug-likeness (QED) is 0.566. The first kappa shape index (κ1) is 15.5. The summed E-state index contributed by atoms with van der Waals surface area (Å²) in [7, 11) is 0. The van der Waals surface area contributed by atoms with Crippen molar-refractivity contribution in [2.45, 2.75) is 0 Å². The normalized spacial score (nSPS) is 10.3. The Kier molecular flexibility index (Phi) is 5.80. The number of nitro groups is 1. The van der Waals surface area contributed by atoms with Crippen LogP contribution in [-0.4, -0.2) is 57.2 Å². The predicted octanol–water partition coefficient (Wildman–Crippen LogP) is 0.179. The van der Waals surface area contributed by atoms with Crippen LogP contribution in [0.4, 0.5) is 5.82 Å². The van der Waals surface area contributed by atoms with Gasteiger partial charge in [-0.2, -0.15) is 0 Å². The van der Waals surface area contributed by atoms with Gasteiger partial charge in [0.25, 0.3) is 5.91 Å². The van der Waals surface area contributed by atoms with E-state index in [1.165, 1.54) is 11.1 Å². The van der Waals surface area contributed by atoms with Crippen LogP contribution in [0.3, 0.4) is 0 Å². The van der Waals surface area contributed by atoms with Crippen molar-refractivity contribution in [1.82, 2.24) is 9.88 Å². The Hall–Kier alpha value is -1.58. The van der Waals surface area contributed by atoms with E-state index >= 15 is 0 Å². The van der Waals surface area contributed by atoms with Crippen molar-refractivity contribution in [3.05, 3.63) is 32.4 Å². The highest BCUT2D eigenvalue weighted by atomic mass is 79.9. The topological polar surface area (TPSA) is 117 Å². The fraction of sp³-hybridized carbons (Fsp3) is 0.400. The van der Waals surface area contributed by atoms with Gasteiger partial charge in [0.05, 0.1) is 23.2 Å². The third-order valence-electron chi connectivity index (χ3n) is 2.29. The van der Waals surface area contributed by atoms with Crippen LogP contribution in [0, 0.1) is 10.1 Å². The fourth-order valence-electron chi connectivity index (χ4n) is 1.42. The molecule has 104 valence electrons. The van der Waals surface area contributed by atoms with Crippen LogP contribution >= 0.6 is 15.9 Å². The molecule has 1 rings (SSSR count). The summed E-state index contributed by atoms with van der Waals surface area (Å²) in [6.07, 6.45) is 1.17. The van der Waals surface area contributed by atoms with Crippen LogP contribution in [0.15, 0.2) is 16.7 Å². The van der Waals surface area contributed by atoms with E-state index in [0.717, 1.165) is 6.07 Å². The molecule has 0 spiro atoms. The number of rotatable bonds is 6. The van der Waals surface area contributed by atoms with Crippen molar-refractivity contribution in [3.8, 4) is 0 Å². The first-order valence-electron chi connectivity index (χ1n) is 5.32. The van der Waals surface area contributed by atoms with Crippen molar-refractivity contribution in [2.24, 2.45) is 0 Å². The molecule has 1 aromatic heterocycles. The molecule has 0 radical (unpaired) electrons. The number of nitrogens with zero attached hydrogens (tertiary/aromatic N) is 3. The molecule has 9 heteroatoms. The second-order valence-electron chi connectivity index (χ2n) is 3.52. The van der Waals surface area contributed by atoms with Crippen molar-refractivity contribution in [1.29, 1.82) is 0 Å². The molecular formula is C10H12BrN3O5. The lowest BCUT2D eigenvalue weighted by molar-refractivity contribution is -0.389. The summed E-state index contributed by atoms with van der Waals surface area (Å²) in [6, 6.07) is 1.05. The monoisotopic (exact) mass is 333 g/mol. The van der Waals surface area contributed by atoms with Gasteiger partial charge in [-0.25, -0.2) is 0 Å². The maximum atomic E-state index is 12.1. The van der Waals surface area contributed by atoms with Crippen LogP contribution < -0.4 is 0 Å². The Bertz CT molecular complexity index is 476. The minimum absolute atomic E-state index is 0.0297. The Balaban J connectivity index is 3.08. The average Bonchev–Trinajstić information content (AvgIpc) is 2.38. The molecule has 0 saturated carbocycles. The van der Waals surface area contributed by atoms with E-state index in [9.17, 15) is 14.9 Å². The lowest BCUT2D eigenvalue weighted by Gasteiger charge is -2.20. The Morgan fingerprint density at radius 1 is 1.42 bits per heavy atom. The molecular weight excluding hydrogens is 322 g/mol. The van der Waals surface area contributed by atoms with Gasteiger partial charge in [-0.1, -0.05) is 0 Å². The Morgan fingerprint density at radius 2 is 2.00 bits per heavy atom. The molecule has 0 atom stereocenters. The average molecular weight is 334 g/mol. The smallest absolute Gasteiger partial charge is 0.364 e. The molecule has 1 heterocycles. The van der Waals surface area contributed by atoms with Crippen molar-refractivity contribution < 1.29 is 19.9 Å². The van der Waals surface area contributed by atoms with Crippen LogP contribution in [0.25, 0.3) is 0 Å². The molecule has 19 heavy (non-hydrogen) atoms. The number of carbonyl (C=O) groups excluding carboxylic acids is 1. The molecule has 1 aromatic rings. The van der Waals surface area contributed by atoms with E-state index in [1.54, 1.807) is 0 Å². The Labute approximate surface area is 117 Å². The zero-order valence-corrected chi connectivity index (χ0v) is 11.4. The third kappa shape index (κ3) is 3.94. The van der Waals surface area contributed by atoms with E-state index in [1.807, 2.05) is 0 Å². The molecule has 2 N–H and O–H groups in total. The summed E-state index contributed by atoms with van der Waals surface area (Å²) in [5.74, 6) is -0.972. The highest BCUT2D eigenvalue weighted by Gasteiger charge is 2.21. The predicted molar refractivity (Wildman–Crippen MR) is 68.7 cm³/mol. The van der Waals surface area contributed by atoms with E-state index in [4.69, 9.17) is 10.2 Å². The summed E-state index contributed by atoms with van der Waals surface area (Å²) >= 11 is 3.09. The second kappa shape index (κ2) is 7.12. The van der Waals surface area contributed by atoms with Gasteiger partial charge >= 0.3 is 5.82 Å². The first-order valence-corrected chi connectivity index (χ1v) is 6.11. The second-order valence-corrected chi connectivity index (χ2v) is 4.37. The van der Waals surface area contributed by atoms with Crippen molar-refractivity contribution in [2.75, 3.05) is 26.3 Å². The standard InChI is InChI=1S/C10H12BrN3O5/c11-8-6-12-9(14(18)19)5-7(8)10(17)13(1-3-15)2-4-16/h5-6,15-16H,1-4H2. The molecule has 0 aromatic carbocycles. The SMILES string of the molecule is O=C(c1cc([N+](=O)[O-])ncc1Br)N(CCO)CCO. The molecule has 0 aliphatic carbocycles. The summed E-state index contributed by atoms with van der Waals surface area (Å²) in [4.78, 5) is 26.8. The van der Waals surface area contributed by atoms with E-state index in [-0.39, 0.29) is 31.9 Å². The van der Waals surface area contributed by atoms with Gasteiger partial charge in [0, 0.05) is 19.2 Å². The van der Waals surface area contributed by atoms with Gasteiger partial charge < -0.3 is 25.2 Å². The molecule has 0 aliphatic rings. The van der Waals surface area contributed by atoms with Crippen LogP contribution in [0.2, 0.25) is 0 Å². The zero-order chi connectivity index (χ0) is 14.4. The summed E-state index contributed by atoms with van der Waals surface area (Å²) in [6.45, 7) is -0.475.